The Morgan fingerprint density at radius 3 is 2.71 bits per heavy atom. The van der Waals surface area contributed by atoms with Crippen molar-refractivity contribution in [3.63, 3.8) is 0 Å². The number of ketones is 1. The van der Waals surface area contributed by atoms with Crippen LogP contribution in [-0.2, 0) is 35.1 Å². The fraction of sp³-hybridized carbons (Fsp3) is 0.526. The van der Waals surface area contributed by atoms with E-state index in [-0.39, 0.29) is 30.7 Å². The topological polar surface area (TPSA) is 168 Å². The smallest absolute Gasteiger partial charge is 0.457 e. The van der Waals surface area contributed by atoms with E-state index in [1.807, 2.05) is 39.0 Å². The van der Waals surface area contributed by atoms with Crippen molar-refractivity contribution in [2.75, 3.05) is 0 Å². The van der Waals surface area contributed by atoms with Gasteiger partial charge in [-0.15, -0.1) is 17.9 Å². The monoisotopic (exact) mass is 722 g/mol. The van der Waals surface area contributed by atoms with E-state index in [1.54, 1.807) is 37.3 Å². The summed E-state index contributed by atoms with van der Waals surface area (Å²) in [5.41, 5.74) is -0.0551. The molecule has 51 heavy (non-hydrogen) atoms. The van der Waals surface area contributed by atoms with Crippen LogP contribution in [0.4, 0.5) is 10.5 Å². The van der Waals surface area contributed by atoms with Crippen LogP contribution in [0.1, 0.15) is 88.5 Å². The number of aliphatic hydroxyl groups excluding tert-OH is 1. The van der Waals surface area contributed by atoms with Gasteiger partial charge in [-0.3, -0.25) is 19.7 Å². The van der Waals surface area contributed by atoms with E-state index in [2.05, 4.69) is 11.6 Å². The molecule has 2 aliphatic rings. The van der Waals surface area contributed by atoms with E-state index in [4.69, 9.17) is 18.9 Å². The lowest BCUT2D eigenvalue weighted by Crippen LogP contribution is -2.47. The molecule has 3 aromatic rings. The van der Waals surface area contributed by atoms with Crippen LogP contribution in [0.25, 0.3) is 10.2 Å². The number of fused-ring (bicyclic) bond motifs is 2. The molecule has 2 saturated heterocycles. The lowest BCUT2D eigenvalue weighted by molar-refractivity contribution is -0.384. The van der Waals surface area contributed by atoms with Gasteiger partial charge in [0.05, 0.1) is 55.7 Å². The van der Waals surface area contributed by atoms with Gasteiger partial charge in [-0.1, -0.05) is 51.5 Å². The van der Waals surface area contributed by atoms with Gasteiger partial charge in [0.2, 0.25) is 0 Å². The van der Waals surface area contributed by atoms with E-state index >= 15 is 0 Å². The van der Waals surface area contributed by atoms with Crippen LogP contribution < -0.4 is 0 Å². The van der Waals surface area contributed by atoms with Crippen molar-refractivity contribution in [2.24, 2.45) is 17.3 Å². The number of allylic oxidation sites excluding steroid dienone is 1. The SMILES string of the molecule is C=CC[C@H]1C(=O)C(C)(C)[C@@H](O)CC(=O)O[C@H](c2ccc3sc(C)nc3c2)C[C@@H]2O[C@]2(C)CCC[C@H](C)C1OC(=O)OCc1cccc([N+](=O)[O-])c1. The Labute approximate surface area is 301 Å². The van der Waals surface area contributed by atoms with E-state index in [9.17, 15) is 29.6 Å². The molecule has 13 heteroatoms. The molecule has 1 aromatic heterocycles. The number of epoxide rings is 1. The van der Waals surface area contributed by atoms with Crippen LogP contribution in [-0.4, -0.2) is 56.8 Å². The number of aromatic nitrogens is 1. The van der Waals surface area contributed by atoms with Crippen LogP contribution in [0.15, 0.2) is 55.1 Å². The molecular formula is C38H46N2O10S. The molecule has 0 amide bonds. The summed E-state index contributed by atoms with van der Waals surface area (Å²) in [5, 5.41) is 23.5. The standard InChI is InChI=1S/C38H46N2O10S/c1-7-10-27-34(49-36(44)47-21-24-12-8-13-26(17-24)40(45)46)22(2)11-9-16-38(6)32(50-38)19-29(25-14-15-30-28(18-25)39-23(3)51-30)48-33(42)20-31(41)37(4,5)35(27)43/h7-8,12-15,17-18,22,27,29,31-32,34,41H,1,9-11,16,19-21H2,2-6H3/t22-,27+,29-,31-,32-,34?,38+/m0/s1. The highest BCUT2D eigenvalue weighted by Gasteiger charge is 2.53. The first-order chi connectivity index (χ1) is 24.1. The lowest BCUT2D eigenvalue weighted by atomic mass is 9.71. The van der Waals surface area contributed by atoms with Crippen molar-refractivity contribution in [3.8, 4) is 0 Å². The summed E-state index contributed by atoms with van der Waals surface area (Å²) in [7, 11) is 0. The van der Waals surface area contributed by atoms with Crippen LogP contribution in [0.3, 0.4) is 0 Å². The van der Waals surface area contributed by atoms with Gasteiger partial charge in [-0.25, -0.2) is 9.78 Å². The molecule has 0 spiro atoms. The second kappa shape index (κ2) is 15.6. The zero-order valence-electron chi connectivity index (χ0n) is 29.7. The van der Waals surface area contributed by atoms with Crippen molar-refractivity contribution in [3.05, 3.63) is 81.4 Å². The normalized spacial score (nSPS) is 28.7. The maximum atomic E-state index is 14.3. The first-order valence-corrected chi connectivity index (χ1v) is 18.1. The van der Waals surface area contributed by atoms with Crippen molar-refractivity contribution >= 4 is 45.1 Å². The molecule has 5 rings (SSSR count). The maximum absolute atomic E-state index is 14.3. The average Bonchev–Trinajstić information content (AvgIpc) is 3.55. The minimum absolute atomic E-state index is 0.135. The summed E-state index contributed by atoms with van der Waals surface area (Å²) < 4.78 is 24.5. The first kappa shape index (κ1) is 38.0. The number of esters is 1. The number of nitro groups is 1. The van der Waals surface area contributed by atoms with Crippen LogP contribution in [0.5, 0.6) is 0 Å². The summed E-state index contributed by atoms with van der Waals surface area (Å²) >= 11 is 1.58. The predicted octanol–water partition coefficient (Wildman–Crippen LogP) is 7.73. The molecule has 2 aliphatic heterocycles. The number of cyclic esters (lactones) is 1. The number of Topliss-reactive ketones (excluding diaryl/α,β-unsaturated/α-hetero) is 1. The number of nitro benzene ring substituents is 1. The number of carbonyl (C=O) groups excluding carboxylic acids is 3. The Kier molecular flexibility index (Phi) is 11.6. The largest absolute Gasteiger partial charge is 0.508 e. The zero-order valence-corrected chi connectivity index (χ0v) is 30.5. The molecule has 0 aliphatic carbocycles. The van der Waals surface area contributed by atoms with E-state index in [0.717, 1.165) is 20.8 Å². The van der Waals surface area contributed by atoms with Gasteiger partial charge in [0.1, 0.15) is 24.6 Å². The number of aliphatic hydroxyl groups is 1. The van der Waals surface area contributed by atoms with E-state index in [0.29, 0.717) is 31.2 Å². The highest BCUT2D eigenvalue weighted by molar-refractivity contribution is 7.18. The molecular weight excluding hydrogens is 676 g/mol. The quantitative estimate of drug-likeness (QED) is 0.0833. The molecule has 274 valence electrons. The number of hydrogen-bond donors (Lipinski definition) is 1. The molecule has 0 bridgehead atoms. The zero-order chi connectivity index (χ0) is 37.1. The van der Waals surface area contributed by atoms with Crippen molar-refractivity contribution < 1.29 is 43.4 Å². The van der Waals surface area contributed by atoms with Gasteiger partial charge in [0.25, 0.3) is 5.69 Å². The molecule has 12 nitrogen and oxygen atoms in total. The highest BCUT2D eigenvalue weighted by atomic mass is 32.1. The van der Waals surface area contributed by atoms with Crippen molar-refractivity contribution in [1.29, 1.82) is 0 Å². The third kappa shape index (κ3) is 9.00. The number of carbonyl (C=O) groups is 3. The number of ether oxygens (including phenoxy) is 4. The predicted molar refractivity (Wildman–Crippen MR) is 190 cm³/mol. The Morgan fingerprint density at radius 2 is 1.98 bits per heavy atom. The Hall–Kier alpha value is -4.20. The molecule has 3 heterocycles. The first-order valence-electron chi connectivity index (χ1n) is 17.3. The Bertz CT molecular complexity index is 1790. The summed E-state index contributed by atoms with van der Waals surface area (Å²) in [4.78, 5) is 56.1. The second-order valence-electron chi connectivity index (χ2n) is 14.4. The number of rotatable bonds is 7. The third-order valence-corrected chi connectivity index (χ3v) is 11.2. The number of non-ortho nitro benzene ring substituents is 1. The molecule has 1 unspecified atom stereocenters. The summed E-state index contributed by atoms with van der Waals surface area (Å²) in [5.74, 6) is -2.31. The van der Waals surface area contributed by atoms with Gasteiger partial charge >= 0.3 is 12.1 Å². The summed E-state index contributed by atoms with van der Waals surface area (Å²) in [6, 6.07) is 11.5. The van der Waals surface area contributed by atoms with Gasteiger partial charge < -0.3 is 24.1 Å². The fourth-order valence-electron chi connectivity index (χ4n) is 6.93. The average molecular weight is 723 g/mol. The lowest BCUT2D eigenvalue weighted by Gasteiger charge is -2.37. The third-order valence-electron chi connectivity index (χ3n) is 10.2. The number of benzene rings is 2. The van der Waals surface area contributed by atoms with Crippen molar-refractivity contribution in [1.82, 2.24) is 4.98 Å². The van der Waals surface area contributed by atoms with E-state index in [1.165, 1.54) is 18.2 Å². The van der Waals surface area contributed by atoms with Gasteiger partial charge in [0.15, 0.2) is 0 Å². The number of thiazole rings is 1. The Morgan fingerprint density at radius 1 is 1.22 bits per heavy atom. The van der Waals surface area contributed by atoms with Crippen molar-refractivity contribution in [2.45, 2.75) is 110 Å². The Balaban J connectivity index is 1.38. The van der Waals surface area contributed by atoms with E-state index < -0.39 is 64.5 Å². The summed E-state index contributed by atoms with van der Waals surface area (Å²) in [6.07, 6.45) is -0.627. The minimum Gasteiger partial charge on any atom is -0.457 e. The minimum atomic E-state index is -1.44. The molecule has 1 N–H and O–H groups in total. The molecule has 0 saturated carbocycles. The fourth-order valence-corrected chi connectivity index (χ4v) is 7.74. The molecule has 2 fully saturated rings. The van der Waals surface area contributed by atoms with Gasteiger partial charge in [-0.05, 0) is 62.3 Å². The number of aryl methyl sites for hydroxylation is 1. The van der Waals surface area contributed by atoms with Crippen LogP contribution in [0.2, 0.25) is 0 Å². The van der Waals surface area contributed by atoms with Crippen LogP contribution in [0, 0.1) is 34.3 Å². The van der Waals surface area contributed by atoms with Crippen LogP contribution >= 0.6 is 11.3 Å². The number of nitrogens with zero attached hydrogens (tertiary/aromatic N) is 2. The number of hydrogen-bond acceptors (Lipinski definition) is 12. The molecule has 0 radical (unpaired) electrons. The second-order valence-corrected chi connectivity index (χ2v) is 15.7. The van der Waals surface area contributed by atoms with Gasteiger partial charge in [-0.2, -0.15) is 0 Å². The maximum Gasteiger partial charge on any atom is 0.508 e. The van der Waals surface area contributed by atoms with Gasteiger partial charge in [0, 0.05) is 18.6 Å². The summed E-state index contributed by atoms with van der Waals surface area (Å²) in [6.45, 7) is 12.5. The molecule has 2 aromatic carbocycles. The highest BCUT2D eigenvalue weighted by Crippen LogP contribution is 2.47. The molecule has 7 atom stereocenters.